The van der Waals surface area contributed by atoms with Crippen molar-refractivity contribution in [3.63, 3.8) is 0 Å². The molecule has 3 rings (SSSR count). The number of hydrogen-bond acceptors (Lipinski definition) is 4. The predicted molar refractivity (Wildman–Crippen MR) is 134 cm³/mol. The molecule has 1 aliphatic heterocycles. The van der Waals surface area contributed by atoms with E-state index in [1.807, 2.05) is 6.07 Å². The van der Waals surface area contributed by atoms with E-state index in [1.165, 1.54) is 22.5 Å². The molecule has 0 unspecified atom stereocenters. The lowest BCUT2D eigenvalue weighted by Crippen LogP contribution is -2.32. The second kappa shape index (κ2) is 12.0. The molecule has 174 valence electrons. The van der Waals surface area contributed by atoms with Crippen molar-refractivity contribution in [1.82, 2.24) is 9.62 Å². The highest BCUT2D eigenvalue weighted by Crippen LogP contribution is 2.26. The van der Waals surface area contributed by atoms with Crippen LogP contribution in [0.15, 0.2) is 41.3 Å². The van der Waals surface area contributed by atoms with Crippen molar-refractivity contribution < 1.29 is 13.2 Å². The van der Waals surface area contributed by atoms with Gasteiger partial charge in [-0.3, -0.25) is 4.79 Å². The molecule has 0 spiro atoms. The molecule has 5 nitrogen and oxygen atoms in total. The number of carbonyl (C=O) groups is 1. The molecule has 1 N–H and O–H groups in total. The molecule has 1 heterocycles. The predicted octanol–water partition coefficient (Wildman–Crippen LogP) is 5.87. The van der Waals surface area contributed by atoms with E-state index in [1.54, 1.807) is 23.9 Å². The van der Waals surface area contributed by atoms with E-state index in [9.17, 15) is 13.2 Å². The van der Waals surface area contributed by atoms with Gasteiger partial charge in [0.25, 0.3) is 5.91 Å². The summed E-state index contributed by atoms with van der Waals surface area (Å²) < 4.78 is 27.6. The van der Waals surface area contributed by atoms with Gasteiger partial charge in [-0.25, -0.2) is 8.42 Å². The number of sulfonamides is 1. The van der Waals surface area contributed by atoms with Gasteiger partial charge >= 0.3 is 0 Å². The van der Waals surface area contributed by atoms with Crippen LogP contribution >= 0.6 is 46.6 Å². The summed E-state index contributed by atoms with van der Waals surface area (Å²) in [5.41, 5.74) is 1.13. The summed E-state index contributed by atoms with van der Waals surface area (Å²) in [6.45, 7) is 1.41. The maximum absolute atomic E-state index is 13.0. The summed E-state index contributed by atoms with van der Waals surface area (Å²) in [6, 6.07) is 9.68. The molecule has 1 saturated heterocycles. The van der Waals surface area contributed by atoms with Crippen molar-refractivity contribution in [3.8, 4) is 0 Å². The Bertz CT molecular complexity index is 1060. The van der Waals surface area contributed by atoms with Gasteiger partial charge in [0.05, 0.1) is 15.5 Å². The molecule has 10 heteroatoms. The van der Waals surface area contributed by atoms with Crippen LogP contribution in [0.1, 0.15) is 41.6 Å². The second-order valence-corrected chi connectivity index (χ2v) is 11.8. The first-order chi connectivity index (χ1) is 15.3. The third-order valence-corrected chi connectivity index (χ3v) is 9.01. The van der Waals surface area contributed by atoms with Gasteiger partial charge in [0.2, 0.25) is 10.0 Å². The molecular weight excluding hydrogens is 511 g/mol. The van der Waals surface area contributed by atoms with Crippen molar-refractivity contribution >= 4 is 62.5 Å². The molecule has 0 aromatic heterocycles. The highest BCUT2D eigenvalue weighted by Gasteiger charge is 2.26. The average Bonchev–Trinajstić information content (AvgIpc) is 3.05. The Labute approximate surface area is 208 Å². The van der Waals surface area contributed by atoms with Crippen LogP contribution < -0.4 is 5.32 Å². The quantitative estimate of drug-likeness (QED) is 0.429. The number of benzene rings is 2. The molecule has 1 amide bonds. The van der Waals surface area contributed by atoms with Crippen LogP contribution in [0.25, 0.3) is 0 Å². The molecule has 2 aromatic carbocycles. The summed E-state index contributed by atoms with van der Waals surface area (Å²) in [5.74, 6) is 0.956. The van der Waals surface area contributed by atoms with Gasteiger partial charge in [-0.1, -0.05) is 53.7 Å². The smallest absolute Gasteiger partial charge is 0.252 e. The Kier molecular flexibility index (Phi) is 9.58. The first kappa shape index (κ1) is 25.7. The van der Waals surface area contributed by atoms with Crippen molar-refractivity contribution in [2.45, 2.75) is 36.3 Å². The summed E-state index contributed by atoms with van der Waals surface area (Å²) in [6.07, 6.45) is 3.75. The van der Waals surface area contributed by atoms with Crippen LogP contribution in [0.5, 0.6) is 0 Å². The third kappa shape index (κ3) is 6.78. The first-order valence-electron chi connectivity index (χ1n) is 10.4. The number of nitrogens with one attached hydrogen (secondary N) is 1. The van der Waals surface area contributed by atoms with Gasteiger partial charge in [-0.05, 0) is 48.7 Å². The number of rotatable bonds is 8. The fourth-order valence-electron chi connectivity index (χ4n) is 3.42. The maximum Gasteiger partial charge on any atom is 0.252 e. The largest absolute Gasteiger partial charge is 0.351 e. The van der Waals surface area contributed by atoms with Gasteiger partial charge in [-0.2, -0.15) is 16.1 Å². The molecule has 2 aromatic rings. The number of hydrogen-bond donors (Lipinski definition) is 1. The standard InChI is InChI=1S/C22H25Cl3N2O3S2/c23-17-6-5-16(21(25)13-17)15-31-12-9-26-22(28)19-14-18(7-8-20(19)24)32(29,30)27-10-3-1-2-4-11-27/h5-8,13-14H,1-4,9-12,15H2,(H,26,28). The van der Waals surface area contributed by atoms with E-state index in [0.717, 1.165) is 31.2 Å². The normalized spacial score (nSPS) is 15.3. The van der Waals surface area contributed by atoms with E-state index in [0.29, 0.717) is 41.2 Å². The monoisotopic (exact) mass is 534 g/mol. The van der Waals surface area contributed by atoms with E-state index in [2.05, 4.69) is 5.32 Å². The molecular formula is C22H25Cl3N2O3S2. The average molecular weight is 536 g/mol. The fourth-order valence-corrected chi connectivity index (χ4v) is 6.59. The Morgan fingerprint density at radius 1 is 0.969 bits per heavy atom. The molecule has 0 aliphatic carbocycles. The van der Waals surface area contributed by atoms with Crippen molar-refractivity contribution in [3.05, 3.63) is 62.6 Å². The summed E-state index contributed by atoms with van der Waals surface area (Å²) >= 11 is 19.9. The number of amides is 1. The summed E-state index contributed by atoms with van der Waals surface area (Å²) in [5, 5.41) is 4.24. The number of nitrogens with zero attached hydrogens (tertiary/aromatic N) is 1. The highest BCUT2D eigenvalue weighted by atomic mass is 35.5. The zero-order valence-electron chi connectivity index (χ0n) is 17.5. The lowest BCUT2D eigenvalue weighted by molar-refractivity contribution is 0.0956. The van der Waals surface area contributed by atoms with E-state index in [4.69, 9.17) is 34.8 Å². The minimum atomic E-state index is -3.66. The second-order valence-electron chi connectivity index (χ2n) is 7.50. The topological polar surface area (TPSA) is 66.5 Å². The zero-order valence-corrected chi connectivity index (χ0v) is 21.4. The van der Waals surface area contributed by atoms with Crippen molar-refractivity contribution in [2.24, 2.45) is 0 Å². The Hall–Kier alpha value is -0.960. The Morgan fingerprint density at radius 2 is 1.69 bits per heavy atom. The minimum absolute atomic E-state index is 0.0979. The van der Waals surface area contributed by atoms with Gasteiger partial charge in [0.15, 0.2) is 0 Å². The fraction of sp³-hybridized carbons (Fsp3) is 0.409. The van der Waals surface area contributed by atoms with Crippen LogP contribution in [0.3, 0.4) is 0 Å². The molecule has 1 aliphatic rings. The van der Waals surface area contributed by atoms with E-state index < -0.39 is 15.9 Å². The molecule has 0 atom stereocenters. The van der Waals surface area contributed by atoms with Crippen LogP contribution in [0.2, 0.25) is 15.1 Å². The van der Waals surface area contributed by atoms with Gasteiger partial charge in [-0.15, -0.1) is 0 Å². The van der Waals surface area contributed by atoms with Crippen LogP contribution in [-0.4, -0.2) is 44.0 Å². The van der Waals surface area contributed by atoms with Crippen LogP contribution in [0.4, 0.5) is 0 Å². The molecule has 1 fully saturated rings. The SMILES string of the molecule is O=C(NCCSCc1ccc(Cl)cc1Cl)c1cc(S(=O)(=O)N2CCCCCC2)ccc1Cl. The van der Waals surface area contributed by atoms with Gasteiger partial charge in [0.1, 0.15) is 0 Å². The molecule has 0 saturated carbocycles. The molecule has 32 heavy (non-hydrogen) atoms. The number of carbonyl (C=O) groups excluding carboxylic acids is 1. The van der Waals surface area contributed by atoms with Crippen molar-refractivity contribution in [1.29, 1.82) is 0 Å². The van der Waals surface area contributed by atoms with Gasteiger partial charge in [0, 0.05) is 41.2 Å². The lowest BCUT2D eigenvalue weighted by atomic mass is 10.2. The third-order valence-electron chi connectivity index (χ3n) is 5.19. The number of thioether (sulfide) groups is 1. The Balaban J connectivity index is 1.58. The van der Waals surface area contributed by atoms with Crippen LogP contribution in [-0.2, 0) is 15.8 Å². The zero-order chi connectivity index (χ0) is 23.1. The van der Waals surface area contributed by atoms with Crippen LogP contribution in [0, 0.1) is 0 Å². The van der Waals surface area contributed by atoms with Gasteiger partial charge < -0.3 is 5.32 Å². The Morgan fingerprint density at radius 3 is 2.38 bits per heavy atom. The molecule has 0 bridgehead atoms. The van der Waals surface area contributed by atoms with E-state index in [-0.39, 0.29) is 15.5 Å². The highest BCUT2D eigenvalue weighted by molar-refractivity contribution is 7.98. The molecule has 0 radical (unpaired) electrons. The first-order valence-corrected chi connectivity index (χ1v) is 14.1. The van der Waals surface area contributed by atoms with Crippen molar-refractivity contribution in [2.75, 3.05) is 25.4 Å². The lowest BCUT2D eigenvalue weighted by Gasteiger charge is -2.20. The number of halogens is 3. The maximum atomic E-state index is 13.0. The summed E-state index contributed by atoms with van der Waals surface area (Å²) in [7, 11) is -3.66. The summed E-state index contributed by atoms with van der Waals surface area (Å²) in [4.78, 5) is 12.7. The minimum Gasteiger partial charge on any atom is -0.351 e. The van der Waals surface area contributed by atoms with E-state index >= 15 is 0 Å².